The predicted octanol–water partition coefficient (Wildman–Crippen LogP) is 1.43. The summed E-state index contributed by atoms with van der Waals surface area (Å²) < 4.78 is 0. The van der Waals surface area contributed by atoms with Gasteiger partial charge in [0, 0.05) is 19.2 Å². The first-order valence-electron chi connectivity index (χ1n) is 5.71. The van der Waals surface area contributed by atoms with Gasteiger partial charge in [-0.2, -0.15) is 0 Å². The van der Waals surface area contributed by atoms with Crippen LogP contribution in [0.4, 0.5) is 0 Å². The lowest BCUT2D eigenvalue weighted by Crippen LogP contribution is -2.61. The van der Waals surface area contributed by atoms with Gasteiger partial charge in [-0.15, -0.1) is 24.0 Å². The first kappa shape index (κ1) is 19.2. The normalized spacial score (nSPS) is 10.4. The molecule has 0 heterocycles. The van der Waals surface area contributed by atoms with Crippen LogP contribution in [0, 0.1) is 0 Å². The fourth-order valence-electron chi connectivity index (χ4n) is 1.82. The third kappa shape index (κ3) is 4.61. The molecule has 6 nitrogen and oxygen atoms in total. The molecule has 1 aromatic rings. The Morgan fingerprint density at radius 2 is 1.71 bits per heavy atom. The Balaban J connectivity index is 0.00000400. The summed E-state index contributed by atoms with van der Waals surface area (Å²) in [6, 6.07) is 6.57. The molecule has 0 aliphatic rings. The maximum absolute atomic E-state index is 11.3. The molecule has 8 heteroatoms. The molecule has 0 fully saturated rings. The first-order chi connectivity index (χ1) is 9.31. The van der Waals surface area contributed by atoms with Crippen LogP contribution in [-0.4, -0.2) is 33.6 Å². The Bertz CT molecular complexity index is 533. The molecule has 0 unspecified atom stereocenters. The molecule has 3 N–H and O–H groups in total. The number of halogens is 2. The number of hydrogen-bond acceptors (Lipinski definition) is 3. The molecule has 0 saturated carbocycles. The molecule has 0 aliphatic carbocycles. The minimum absolute atomic E-state index is 0. The molecule has 0 saturated heterocycles. The minimum Gasteiger partial charge on any atom is -0.479 e. The molecule has 0 spiro atoms. The maximum atomic E-state index is 11.3. The van der Waals surface area contributed by atoms with Crippen molar-refractivity contribution in [2.45, 2.75) is 24.8 Å². The molecule has 0 aromatic heterocycles. The number of alkyl halides is 1. The lowest BCUT2D eigenvalue weighted by Gasteiger charge is -2.25. The zero-order chi connectivity index (χ0) is 15.3. The second-order valence-electron chi connectivity index (χ2n) is 4.33. The van der Waals surface area contributed by atoms with Crippen molar-refractivity contribution in [3.63, 3.8) is 0 Å². The quantitative estimate of drug-likeness (QED) is 0.539. The summed E-state index contributed by atoms with van der Waals surface area (Å²) in [5.74, 6) is -3.77. The highest BCUT2D eigenvalue weighted by molar-refractivity contribution is 6.17. The Kier molecular flexibility index (Phi) is 7.18. The van der Waals surface area contributed by atoms with Gasteiger partial charge in [-0.3, -0.25) is 4.79 Å². The molecule has 0 radical (unpaired) electrons. The molecule has 1 rings (SSSR count). The highest BCUT2D eigenvalue weighted by Gasteiger charge is 2.47. The third-order valence-corrected chi connectivity index (χ3v) is 3.04. The van der Waals surface area contributed by atoms with Crippen LogP contribution in [0.15, 0.2) is 24.3 Å². The third-order valence-electron chi connectivity index (χ3n) is 2.73. The van der Waals surface area contributed by atoms with Gasteiger partial charge in [-0.1, -0.05) is 24.3 Å². The number of carboxylic acids is 2. The monoisotopic (exact) mass is 335 g/mol. The Hall–Kier alpha value is -1.79. The van der Waals surface area contributed by atoms with Crippen LogP contribution >= 0.6 is 24.0 Å². The number of benzene rings is 1. The maximum Gasteiger partial charge on any atom is 0.341 e. The molecule has 1 amide bonds. The number of aliphatic carboxylic acids is 2. The van der Waals surface area contributed by atoms with Crippen molar-refractivity contribution in [2.24, 2.45) is 0 Å². The molecule has 0 bridgehead atoms. The topological polar surface area (TPSA) is 104 Å². The van der Waals surface area contributed by atoms with E-state index in [4.69, 9.17) is 11.6 Å². The molecule has 116 valence electrons. The second kappa shape index (κ2) is 7.85. The van der Waals surface area contributed by atoms with E-state index >= 15 is 0 Å². The zero-order valence-electron chi connectivity index (χ0n) is 11.1. The molecule has 21 heavy (non-hydrogen) atoms. The van der Waals surface area contributed by atoms with Crippen molar-refractivity contribution < 1.29 is 24.6 Å². The highest BCUT2D eigenvalue weighted by atomic mass is 35.5. The van der Waals surface area contributed by atoms with Gasteiger partial charge < -0.3 is 15.5 Å². The largest absolute Gasteiger partial charge is 0.479 e. The van der Waals surface area contributed by atoms with Gasteiger partial charge in [0.05, 0.1) is 0 Å². The number of carbonyl (C=O) groups excluding carboxylic acids is 1. The van der Waals surface area contributed by atoms with E-state index in [0.29, 0.717) is 5.56 Å². The number of rotatable bonds is 6. The lowest BCUT2D eigenvalue weighted by molar-refractivity contribution is -0.161. The van der Waals surface area contributed by atoms with Crippen LogP contribution < -0.4 is 5.32 Å². The van der Waals surface area contributed by atoms with Crippen LogP contribution in [0.1, 0.15) is 18.1 Å². The predicted molar refractivity (Wildman–Crippen MR) is 78.8 cm³/mol. The van der Waals surface area contributed by atoms with E-state index in [2.05, 4.69) is 0 Å². The van der Waals surface area contributed by atoms with E-state index in [-0.39, 0.29) is 24.7 Å². The summed E-state index contributed by atoms with van der Waals surface area (Å²) in [5.41, 5.74) is -1.20. The summed E-state index contributed by atoms with van der Waals surface area (Å²) >= 11 is 5.68. The zero-order valence-corrected chi connectivity index (χ0v) is 12.7. The number of nitrogens with one attached hydrogen (secondary N) is 1. The van der Waals surface area contributed by atoms with Gasteiger partial charge in [0.1, 0.15) is 0 Å². The van der Waals surface area contributed by atoms with Crippen LogP contribution in [0.25, 0.3) is 0 Å². The van der Waals surface area contributed by atoms with Crippen LogP contribution in [0.5, 0.6) is 0 Å². The molecular formula is C13H15Cl2NO5. The lowest BCUT2D eigenvalue weighted by atomic mass is 9.90. The second-order valence-corrected chi connectivity index (χ2v) is 4.59. The van der Waals surface area contributed by atoms with Gasteiger partial charge in [-0.05, 0) is 11.1 Å². The van der Waals surface area contributed by atoms with Gasteiger partial charge in [0.25, 0.3) is 0 Å². The minimum atomic E-state index is -2.39. The average molecular weight is 336 g/mol. The van der Waals surface area contributed by atoms with E-state index in [1.807, 2.05) is 5.32 Å². The van der Waals surface area contributed by atoms with Crippen LogP contribution in [0.3, 0.4) is 0 Å². The number of amides is 1. The first-order valence-corrected chi connectivity index (χ1v) is 6.24. The summed E-state index contributed by atoms with van der Waals surface area (Å²) in [6.45, 7) is 1.07. The van der Waals surface area contributed by atoms with E-state index in [9.17, 15) is 24.6 Å². The summed E-state index contributed by atoms with van der Waals surface area (Å²) in [6.07, 6.45) is -0.373. The van der Waals surface area contributed by atoms with E-state index in [1.165, 1.54) is 0 Å². The van der Waals surface area contributed by atoms with Crippen molar-refractivity contribution in [3.8, 4) is 0 Å². The van der Waals surface area contributed by atoms with Gasteiger partial charge in [0.15, 0.2) is 0 Å². The van der Waals surface area contributed by atoms with Crippen molar-refractivity contribution >= 4 is 41.9 Å². The van der Waals surface area contributed by atoms with Crippen LogP contribution in [-0.2, 0) is 26.7 Å². The number of carboxylic acid groups (broad SMARTS) is 2. The highest BCUT2D eigenvalue weighted by Crippen LogP contribution is 2.17. The van der Waals surface area contributed by atoms with Gasteiger partial charge in [0.2, 0.25) is 11.4 Å². The fraction of sp³-hybridized carbons (Fsp3) is 0.308. The van der Waals surface area contributed by atoms with E-state index in [0.717, 1.165) is 12.5 Å². The van der Waals surface area contributed by atoms with E-state index in [1.54, 1.807) is 24.3 Å². The standard InChI is InChI=1S/C13H14ClNO5.ClH/c1-8(16)15-13(11(17)18,12(19)20)6-9-3-2-4-10(5-9)7-14;/h2-5H,6-7H2,1H3,(H,15,16)(H,17,18)(H,19,20);1H. The van der Waals surface area contributed by atoms with Crippen LogP contribution in [0.2, 0.25) is 0 Å². The fourth-order valence-corrected chi connectivity index (χ4v) is 1.99. The van der Waals surface area contributed by atoms with Crippen molar-refractivity contribution in [3.05, 3.63) is 35.4 Å². The van der Waals surface area contributed by atoms with Gasteiger partial charge >= 0.3 is 11.9 Å². The average Bonchev–Trinajstić information content (AvgIpc) is 2.37. The Morgan fingerprint density at radius 1 is 1.19 bits per heavy atom. The molecular weight excluding hydrogens is 321 g/mol. The summed E-state index contributed by atoms with van der Waals surface area (Å²) in [5, 5.41) is 20.4. The molecule has 1 aromatic carbocycles. The Labute approximate surface area is 132 Å². The van der Waals surface area contributed by atoms with E-state index < -0.39 is 23.4 Å². The van der Waals surface area contributed by atoms with Crippen molar-refractivity contribution in [2.75, 3.05) is 0 Å². The summed E-state index contributed by atoms with van der Waals surface area (Å²) in [4.78, 5) is 33.8. The summed E-state index contributed by atoms with van der Waals surface area (Å²) in [7, 11) is 0. The molecule has 0 aliphatic heterocycles. The smallest absolute Gasteiger partial charge is 0.341 e. The molecule has 0 atom stereocenters. The number of hydrogen-bond donors (Lipinski definition) is 3. The SMILES string of the molecule is CC(=O)NC(Cc1cccc(CCl)c1)(C(=O)O)C(=O)O.Cl. The van der Waals surface area contributed by atoms with Crippen molar-refractivity contribution in [1.82, 2.24) is 5.32 Å². The van der Waals surface area contributed by atoms with Crippen molar-refractivity contribution in [1.29, 1.82) is 0 Å². The number of carbonyl (C=O) groups is 3. The Morgan fingerprint density at radius 3 is 2.14 bits per heavy atom. The van der Waals surface area contributed by atoms with Gasteiger partial charge in [-0.25, -0.2) is 9.59 Å².